The van der Waals surface area contributed by atoms with Gasteiger partial charge in [0.2, 0.25) is 5.91 Å². The molecule has 18 heavy (non-hydrogen) atoms. The number of hydrogen-bond donors (Lipinski definition) is 1. The number of rotatable bonds is 4. The van der Waals surface area contributed by atoms with Gasteiger partial charge >= 0.3 is 0 Å². The number of nitrogens with one attached hydrogen (secondary N) is 1. The summed E-state index contributed by atoms with van der Waals surface area (Å²) >= 11 is 5.79. The maximum Gasteiger partial charge on any atom is 0.231 e. The van der Waals surface area contributed by atoms with Gasteiger partial charge in [0.25, 0.3) is 0 Å². The molecule has 0 aliphatic heterocycles. The molecule has 0 bridgehead atoms. The average Bonchev–Trinajstić information content (AvgIpc) is 2.31. The van der Waals surface area contributed by atoms with Crippen molar-refractivity contribution in [3.8, 4) is 0 Å². The summed E-state index contributed by atoms with van der Waals surface area (Å²) in [7, 11) is 3.98. The third-order valence-corrected chi connectivity index (χ3v) is 3.59. The van der Waals surface area contributed by atoms with Crippen LogP contribution in [-0.4, -0.2) is 25.9 Å². The number of hydrogen-bond acceptors (Lipinski definition) is 2. The summed E-state index contributed by atoms with van der Waals surface area (Å²) in [6.07, 6.45) is 0. The first-order valence-corrected chi connectivity index (χ1v) is 6.47. The standard InChI is InChI=1S/C14H21ClN2O/c1-10-8-11(17(4)5)6-7-12(10)16-13(18)14(2,3)9-15/h6-8H,9H2,1-5H3,(H,16,18). The number of carbonyl (C=O) groups excluding carboxylic acids is 1. The lowest BCUT2D eigenvalue weighted by Crippen LogP contribution is -2.32. The van der Waals surface area contributed by atoms with Crippen molar-refractivity contribution in [2.45, 2.75) is 20.8 Å². The molecule has 1 amide bonds. The summed E-state index contributed by atoms with van der Waals surface area (Å²) in [6.45, 7) is 5.65. The van der Waals surface area contributed by atoms with Gasteiger partial charge in [0, 0.05) is 31.4 Å². The first-order valence-electron chi connectivity index (χ1n) is 5.93. The van der Waals surface area contributed by atoms with Crippen LogP contribution >= 0.6 is 11.6 Å². The van der Waals surface area contributed by atoms with Crippen LogP contribution in [0.1, 0.15) is 19.4 Å². The van der Waals surface area contributed by atoms with Crippen molar-refractivity contribution < 1.29 is 4.79 Å². The molecule has 0 atom stereocenters. The van der Waals surface area contributed by atoms with E-state index in [1.54, 1.807) is 0 Å². The zero-order valence-corrected chi connectivity index (χ0v) is 12.4. The molecular weight excluding hydrogens is 248 g/mol. The zero-order chi connectivity index (χ0) is 13.9. The number of carbonyl (C=O) groups is 1. The molecule has 1 aromatic rings. The Kier molecular flexibility index (Phi) is 4.63. The fraction of sp³-hybridized carbons (Fsp3) is 0.500. The maximum atomic E-state index is 12.0. The van der Waals surface area contributed by atoms with Gasteiger partial charge in [-0.05, 0) is 44.5 Å². The van der Waals surface area contributed by atoms with Crippen molar-refractivity contribution in [3.63, 3.8) is 0 Å². The van der Waals surface area contributed by atoms with Crippen LogP contribution in [0.15, 0.2) is 18.2 Å². The van der Waals surface area contributed by atoms with E-state index in [4.69, 9.17) is 11.6 Å². The largest absolute Gasteiger partial charge is 0.378 e. The van der Waals surface area contributed by atoms with Gasteiger partial charge in [-0.15, -0.1) is 11.6 Å². The van der Waals surface area contributed by atoms with Crippen molar-refractivity contribution in [1.29, 1.82) is 0 Å². The van der Waals surface area contributed by atoms with Gasteiger partial charge in [0.1, 0.15) is 0 Å². The Morgan fingerprint density at radius 3 is 2.44 bits per heavy atom. The van der Waals surface area contributed by atoms with Crippen LogP contribution in [0.4, 0.5) is 11.4 Å². The Labute approximate surface area is 114 Å². The van der Waals surface area contributed by atoms with Crippen LogP contribution in [0.25, 0.3) is 0 Å². The predicted octanol–water partition coefficient (Wildman–Crippen LogP) is 3.26. The quantitative estimate of drug-likeness (QED) is 0.850. The summed E-state index contributed by atoms with van der Waals surface area (Å²) in [5.74, 6) is 0.242. The van der Waals surface area contributed by atoms with E-state index >= 15 is 0 Å². The Morgan fingerprint density at radius 2 is 2.00 bits per heavy atom. The van der Waals surface area contributed by atoms with Crippen molar-refractivity contribution in [2.75, 3.05) is 30.2 Å². The second-order valence-electron chi connectivity index (χ2n) is 5.37. The highest BCUT2D eigenvalue weighted by Crippen LogP contribution is 2.24. The van der Waals surface area contributed by atoms with E-state index in [1.807, 2.05) is 58.0 Å². The van der Waals surface area contributed by atoms with E-state index in [-0.39, 0.29) is 5.91 Å². The molecule has 3 nitrogen and oxygen atoms in total. The minimum absolute atomic E-state index is 0.0572. The van der Waals surface area contributed by atoms with E-state index in [0.717, 1.165) is 16.9 Å². The topological polar surface area (TPSA) is 32.3 Å². The number of amides is 1. The zero-order valence-electron chi connectivity index (χ0n) is 11.7. The lowest BCUT2D eigenvalue weighted by Gasteiger charge is -2.22. The lowest BCUT2D eigenvalue weighted by atomic mass is 9.95. The summed E-state index contributed by atoms with van der Waals surface area (Å²) in [5, 5.41) is 2.93. The van der Waals surface area contributed by atoms with Crippen molar-refractivity contribution >= 4 is 28.9 Å². The molecule has 0 radical (unpaired) electrons. The molecule has 0 saturated heterocycles. The molecular formula is C14H21ClN2O. The highest BCUT2D eigenvalue weighted by Gasteiger charge is 2.26. The summed E-state index contributed by atoms with van der Waals surface area (Å²) in [6, 6.07) is 5.95. The molecule has 1 rings (SSSR count). The summed E-state index contributed by atoms with van der Waals surface area (Å²) in [5.41, 5.74) is 2.43. The predicted molar refractivity (Wildman–Crippen MR) is 78.6 cm³/mol. The first kappa shape index (κ1) is 14.8. The van der Waals surface area contributed by atoms with E-state index < -0.39 is 5.41 Å². The normalized spacial score (nSPS) is 11.2. The van der Waals surface area contributed by atoms with E-state index in [2.05, 4.69) is 5.32 Å². The lowest BCUT2D eigenvalue weighted by molar-refractivity contribution is -0.122. The van der Waals surface area contributed by atoms with Gasteiger partial charge in [-0.3, -0.25) is 4.79 Å². The molecule has 0 saturated carbocycles. The van der Waals surface area contributed by atoms with Crippen LogP contribution in [0.3, 0.4) is 0 Å². The number of anilines is 2. The highest BCUT2D eigenvalue weighted by atomic mass is 35.5. The van der Waals surface area contributed by atoms with Crippen molar-refractivity contribution in [2.24, 2.45) is 5.41 Å². The summed E-state index contributed by atoms with van der Waals surface area (Å²) in [4.78, 5) is 14.1. The van der Waals surface area contributed by atoms with E-state index in [9.17, 15) is 4.79 Å². The van der Waals surface area contributed by atoms with Crippen LogP contribution in [0, 0.1) is 12.3 Å². The Balaban J connectivity index is 2.90. The Hall–Kier alpha value is -1.22. The number of halogens is 1. The minimum atomic E-state index is -0.561. The van der Waals surface area contributed by atoms with Gasteiger partial charge in [-0.1, -0.05) is 0 Å². The molecule has 0 aliphatic rings. The smallest absolute Gasteiger partial charge is 0.231 e. The van der Waals surface area contributed by atoms with Crippen LogP contribution in [0.5, 0.6) is 0 Å². The molecule has 100 valence electrons. The van der Waals surface area contributed by atoms with E-state index in [0.29, 0.717) is 5.88 Å². The third kappa shape index (κ3) is 3.39. The SMILES string of the molecule is Cc1cc(N(C)C)ccc1NC(=O)C(C)(C)CCl. The maximum absolute atomic E-state index is 12.0. The second kappa shape index (κ2) is 5.61. The molecule has 0 aliphatic carbocycles. The first-order chi connectivity index (χ1) is 8.27. The van der Waals surface area contributed by atoms with Crippen LogP contribution in [0.2, 0.25) is 0 Å². The Bertz CT molecular complexity index is 441. The molecule has 0 heterocycles. The minimum Gasteiger partial charge on any atom is -0.378 e. The molecule has 0 unspecified atom stereocenters. The van der Waals surface area contributed by atoms with Crippen molar-refractivity contribution in [3.05, 3.63) is 23.8 Å². The number of aryl methyl sites for hydroxylation is 1. The monoisotopic (exact) mass is 268 g/mol. The number of nitrogens with zero attached hydrogens (tertiary/aromatic N) is 1. The van der Waals surface area contributed by atoms with Crippen LogP contribution in [-0.2, 0) is 4.79 Å². The number of alkyl halides is 1. The van der Waals surface area contributed by atoms with Gasteiger partial charge in [-0.2, -0.15) is 0 Å². The van der Waals surface area contributed by atoms with Crippen molar-refractivity contribution in [1.82, 2.24) is 0 Å². The number of benzene rings is 1. The molecule has 0 aromatic heterocycles. The van der Waals surface area contributed by atoms with Gasteiger partial charge in [-0.25, -0.2) is 0 Å². The molecule has 1 aromatic carbocycles. The second-order valence-corrected chi connectivity index (χ2v) is 5.63. The molecule has 4 heteroatoms. The van der Waals surface area contributed by atoms with E-state index in [1.165, 1.54) is 0 Å². The molecule has 0 fully saturated rings. The molecule has 1 N–H and O–H groups in total. The van der Waals surface area contributed by atoms with Gasteiger partial charge < -0.3 is 10.2 Å². The fourth-order valence-electron chi connectivity index (χ4n) is 1.42. The van der Waals surface area contributed by atoms with Gasteiger partial charge in [0.05, 0.1) is 5.41 Å². The third-order valence-electron chi connectivity index (χ3n) is 2.92. The fourth-order valence-corrected chi connectivity index (χ4v) is 1.54. The highest BCUT2D eigenvalue weighted by molar-refractivity contribution is 6.20. The summed E-state index contributed by atoms with van der Waals surface area (Å²) < 4.78 is 0. The average molecular weight is 269 g/mol. The molecule has 0 spiro atoms. The van der Waals surface area contributed by atoms with Crippen LogP contribution < -0.4 is 10.2 Å². The Morgan fingerprint density at radius 1 is 1.39 bits per heavy atom. The van der Waals surface area contributed by atoms with Gasteiger partial charge in [0.15, 0.2) is 0 Å².